The van der Waals surface area contributed by atoms with Gasteiger partial charge in [0.15, 0.2) is 6.10 Å². The third-order valence-electron chi connectivity index (χ3n) is 9.24. The topological polar surface area (TPSA) is 78.9 Å². The van der Waals surface area contributed by atoms with Crippen LogP contribution in [-0.4, -0.2) is 37.2 Å². The van der Waals surface area contributed by atoms with E-state index in [0.29, 0.717) is 12.8 Å². The zero-order valence-corrected chi connectivity index (χ0v) is 35.7. The molecule has 0 saturated carbocycles. The van der Waals surface area contributed by atoms with Crippen LogP contribution in [0.2, 0.25) is 0 Å². The van der Waals surface area contributed by atoms with Gasteiger partial charge in [-0.3, -0.25) is 14.4 Å². The van der Waals surface area contributed by atoms with Gasteiger partial charge in [-0.25, -0.2) is 0 Å². The maximum absolute atomic E-state index is 12.6. The van der Waals surface area contributed by atoms with E-state index in [0.717, 1.165) is 77.0 Å². The molecular weight excluding hydrogens is 685 g/mol. The monoisotopic (exact) mass is 767 g/mol. The minimum absolute atomic E-state index is 0.105. The van der Waals surface area contributed by atoms with E-state index in [2.05, 4.69) is 81.5 Å². The Morgan fingerprint density at radius 1 is 0.400 bits per heavy atom. The van der Waals surface area contributed by atoms with Crippen LogP contribution in [0.25, 0.3) is 0 Å². The van der Waals surface area contributed by atoms with Crippen molar-refractivity contribution in [3.63, 3.8) is 0 Å². The number of allylic oxidation sites excluding steroid dienone is 11. The van der Waals surface area contributed by atoms with Crippen molar-refractivity contribution < 1.29 is 28.6 Å². The van der Waals surface area contributed by atoms with E-state index in [1.807, 2.05) is 6.08 Å². The Bertz CT molecular complexity index is 1070. The van der Waals surface area contributed by atoms with Crippen LogP contribution < -0.4 is 0 Å². The fraction of sp³-hybridized carbons (Fsp3) is 0.694. The van der Waals surface area contributed by atoms with Crippen molar-refractivity contribution in [3.8, 4) is 0 Å². The zero-order chi connectivity index (χ0) is 40.1. The molecule has 0 rings (SSSR count). The van der Waals surface area contributed by atoms with Crippen molar-refractivity contribution in [2.24, 2.45) is 0 Å². The molecule has 0 aromatic rings. The number of unbranched alkanes of at least 4 members (excludes halogenated alkanes) is 17. The average Bonchev–Trinajstić information content (AvgIpc) is 3.18. The predicted molar refractivity (Wildman–Crippen MR) is 233 cm³/mol. The molecule has 0 amide bonds. The molecule has 6 heteroatoms. The Hall–Kier alpha value is -3.15. The van der Waals surface area contributed by atoms with E-state index in [4.69, 9.17) is 14.2 Å². The number of carbonyl (C=O) groups excluding carboxylic acids is 3. The van der Waals surface area contributed by atoms with Crippen LogP contribution in [0.5, 0.6) is 0 Å². The molecule has 0 aliphatic heterocycles. The summed E-state index contributed by atoms with van der Waals surface area (Å²) in [6, 6.07) is 0. The molecule has 0 aliphatic rings. The lowest BCUT2D eigenvalue weighted by atomic mass is 10.1. The highest BCUT2D eigenvalue weighted by Gasteiger charge is 2.19. The van der Waals surface area contributed by atoms with Gasteiger partial charge in [-0.1, -0.05) is 190 Å². The number of ether oxygens (including phenoxy) is 3. The van der Waals surface area contributed by atoms with Crippen molar-refractivity contribution >= 4 is 17.9 Å². The molecule has 0 fully saturated rings. The molecule has 0 heterocycles. The second-order valence-electron chi connectivity index (χ2n) is 14.6. The Kier molecular flexibility index (Phi) is 41.1. The van der Waals surface area contributed by atoms with Gasteiger partial charge in [0.2, 0.25) is 0 Å². The lowest BCUT2D eigenvalue weighted by Gasteiger charge is -2.18. The van der Waals surface area contributed by atoms with Gasteiger partial charge in [0, 0.05) is 12.8 Å². The highest BCUT2D eigenvalue weighted by Crippen LogP contribution is 2.13. The minimum atomic E-state index is -0.821. The molecule has 0 aromatic heterocycles. The predicted octanol–water partition coefficient (Wildman–Crippen LogP) is 14.3. The van der Waals surface area contributed by atoms with Gasteiger partial charge in [0.25, 0.3) is 0 Å². The summed E-state index contributed by atoms with van der Waals surface area (Å²) in [5, 5.41) is 0. The van der Waals surface area contributed by atoms with Crippen molar-refractivity contribution in [1.82, 2.24) is 0 Å². The Morgan fingerprint density at radius 2 is 0.764 bits per heavy atom. The van der Waals surface area contributed by atoms with Gasteiger partial charge >= 0.3 is 17.9 Å². The number of rotatable bonds is 39. The summed E-state index contributed by atoms with van der Waals surface area (Å²) in [6.45, 7) is 6.27. The SMILES string of the molecule is CC/C=C\C/C=C\C/C=C\CCCCCCCCCCCC(=O)OCC(COC(=O)CCCCCCCCCCC)OC(=O)C/C=C\C/C=C\C/C=C\CC. The lowest BCUT2D eigenvalue weighted by Crippen LogP contribution is -2.30. The van der Waals surface area contributed by atoms with Gasteiger partial charge in [-0.05, 0) is 64.2 Å². The van der Waals surface area contributed by atoms with E-state index in [1.165, 1.54) is 83.5 Å². The van der Waals surface area contributed by atoms with E-state index in [-0.39, 0.29) is 31.6 Å². The summed E-state index contributed by atoms with van der Waals surface area (Å²) >= 11 is 0. The second kappa shape index (κ2) is 43.6. The Morgan fingerprint density at radius 3 is 1.20 bits per heavy atom. The van der Waals surface area contributed by atoms with E-state index >= 15 is 0 Å². The van der Waals surface area contributed by atoms with Crippen LogP contribution in [0.15, 0.2) is 72.9 Å². The zero-order valence-electron chi connectivity index (χ0n) is 35.7. The molecule has 6 nitrogen and oxygen atoms in total. The van der Waals surface area contributed by atoms with Gasteiger partial charge < -0.3 is 14.2 Å². The first-order valence-corrected chi connectivity index (χ1v) is 22.4. The molecule has 1 unspecified atom stereocenters. The van der Waals surface area contributed by atoms with Crippen LogP contribution >= 0.6 is 0 Å². The van der Waals surface area contributed by atoms with Crippen molar-refractivity contribution in [3.05, 3.63) is 72.9 Å². The number of carbonyl (C=O) groups is 3. The first-order valence-electron chi connectivity index (χ1n) is 22.4. The molecule has 314 valence electrons. The maximum atomic E-state index is 12.6. The first kappa shape index (κ1) is 51.9. The van der Waals surface area contributed by atoms with Crippen molar-refractivity contribution in [2.75, 3.05) is 13.2 Å². The lowest BCUT2D eigenvalue weighted by molar-refractivity contribution is -0.166. The highest BCUT2D eigenvalue weighted by atomic mass is 16.6. The fourth-order valence-corrected chi connectivity index (χ4v) is 5.93. The summed E-state index contributed by atoms with van der Waals surface area (Å²) in [5.41, 5.74) is 0. The third kappa shape index (κ3) is 41.8. The molecule has 0 spiro atoms. The van der Waals surface area contributed by atoms with Crippen LogP contribution in [0.3, 0.4) is 0 Å². The fourth-order valence-electron chi connectivity index (χ4n) is 5.93. The average molecular weight is 767 g/mol. The van der Waals surface area contributed by atoms with Crippen LogP contribution in [0.1, 0.15) is 201 Å². The van der Waals surface area contributed by atoms with E-state index < -0.39 is 12.1 Å². The first-order chi connectivity index (χ1) is 27.0. The number of esters is 3. The van der Waals surface area contributed by atoms with Gasteiger partial charge in [0.05, 0.1) is 6.42 Å². The van der Waals surface area contributed by atoms with Gasteiger partial charge in [-0.2, -0.15) is 0 Å². The van der Waals surface area contributed by atoms with Crippen LogP contribution in [0.4, 0.5) is 0 Å². The number of hydrogen-bond acceptors (Lipinski definition) is 6. The standard InChI is InChI=1S/C49H82O6/c1-4-7-10-13-16-19-20-21-22-23-24-25-26-27-28-31-33-36-39-42-48(51)54-45-46(55-49(52)43-40-37-34-30-18-15-12-9-6-3)44-53-47(50)41-38-35-32-29-17-14-11-8-5-2/h7,9-10,12,16,18-19,21-22,30,37,40,46H,4-6,8,11,13-15,17,20,23-29,31-36,38-39,41-45H2,1-3H3/b10-7-,12-9-,19-16-,22-21-,30-18-,40-37-. The smallest absolute Gasteiger partial charge is 0.310 e. The molecule has 0 radical (unpaired) electrons. The maximum Gasteiger partial charge on any atom is 0.310 e. The quantitative estimate of drug-likeness (QED) is 0.0268. The molecule has 0 bridgehead atoms. The van der Waals surface area contributed by atoms with E-state index in [1.54, 1.807) is 6.08 Å². The molecule has 0 N–H and O–H groups in total. The van der Waals surface area contributed by atoms with Gasteiger partial charge in [0.1, 0.15) is 13.2 Å². The molecule has 0 aromatic carbocycles. The van der Waals surface area contributed by atoms with E-state index in [9.17, 15) is 14.4 Å². The molecule has 1 atom stereocenters. The summed E-state index contributed by atoms with van der Waals surface area (Å²) in [6.07, 6.45) is 53.6. The van der Waals surface area contributed by atoms with Crippen molar-refractivity contribution in [1.29, 1.82) is 0 Å². The molecular formula is C49H82O6. The molecule has 0 saturated heterocycles. The summed E-state index contributed by atoms with van der Waals surface area (Å²) < 4.78 is 16.5. The molecule has 55 heavy (non-hydrogen) atoms. The summed E-state index contributed by atoms with van der Waals surface area (Å²) in [4.78, 5) is 37.5. The van der Waals surface area contributed by atoms with Gasteiger partial charge in [-0.15, -0.1) is 0 Å². The minimum Gasteiger partial charge on any atom is -0.462 e. The summed E-state index contributed by atoms with van der Waals surface area (Å²) in [7, 11) is 0. The number of hydrogen-bond donors (Lipinski definition) is 0. The second-order valence-corrected chi connectivity index (χ2v) is 14.6. The van der Waals surface area contributed by atoms with Crippen LogP contribution in [0, 0.1) is 0 Å². The Balaban J connectivity index is 4.32. The third-order valence-corrected chi connectivity index (χ3v) is 9.24. The summed E-state index contributed by atoms with van der Waals surface area (Å²) in [5.74, 6) is -1.05. The normalized spacial score (nSPS) is 12.7. The largest absolute Gasteiger partial charge is 0.462 e. The highest BCUT2D eigenvalue weighted by molar-refractivity contribution is 5.72. The van der Waals surface area contributed by atoms with Crippen molar-refractivity contribution in [2.45, 2.75) is 207 Å². The molecule has 0 aliphatic carbocycles. The van der Waals surface area contributed by atoms with Crippen LogP contribution in [-0.2, 0) is 28.6 Å². The Labute approximate surface area is 338 Å².